The second kappa shape index (κ2) is 8.27. The highest BCUT2D eigenvalue weighted by molar-refractivity contribution is 5.94. The van der Waals surface area contributed by atoms with E-state index in [0.717, 1.165) is 43.4 Å². The fraction of sp³-hybridized carbons (Fsp3) is 0.417. The number of nitrogen functional groups attached to an aromatic ring is 1. The highest BCUT2D eigenvalue weighted by Crippen LogP contribution is 2.31. The third kappa shape index (κ3) is 4.29. The predicted molar refractivity (Wildman–Crippen MR) is 114 cm³/mol. The topological polar surface area (TPSA) is 75.4 Å². The maximum atomic E-state index is 13.0. The van der Waals surface area contributed by atoms with Crippen molar-refractivity contribution in [3.8, 4) is 0 Å². The van der Waals surface area contributed by atoms with Gasteiger partial charge in [0, 0.05) is 24.3 Å². The molecule has 1 aliphatic heterocycles. The van der Waals surface area contributed by atoms with Crippen LogP contribution in [0.1, 0.15) is 58.8 Å². The first-order valence-corrected chi connectivity index (χ1v) is 10.6. The van der Waals surface area contributed by atoms with Crippen molar-refractivity contribution in [1.82, 2.24) is 10.2 Å². The highest BCUT2D eigenvalue weighted by Gasteiger charge is 2.31. The molecule has 0 bridgehead atoms. The molecule has 3 N–H and O–H groups in total. The summed E-state index contributed by atoms with van der Waals surface area (Å²) in [6.07, 6.45) is 4.68. The molecule has 2 aromatic rings. The molecule has 0 saturated carbocycles. The van der Waals surface area contributed by atoms with Gasteiger partial charge >= 0.3 is 0 Å². The van der Waals surface area contributed by atoms with Gasteiger partial charge < -0.3 is 16.0 Å². The summed E-state index contributed by atoms with van der Waals surface area (Å²) >= 11 is 0. The minimum Gasteiger partial charge on any atom is -0.399 e. The SMILES string of the molecule is Cc1ccc(C(=O)N2CCCC(C(=O)NC3CCCc4cc(N)ccc43)C2)cc1. The molecular weight excluding hydrogens is 362 g/mol. The Labute approximate surface area is 172 Å². The van der Waals surface area contributed by atoms with Crippen LogP contribution < -0.4 is 11.1 Å². The number of benzene rings is 2. The van der Waals surface area contributed by atoms with Crippen molar-refractivity contribution in [2.45, 2.75) is 45.1 Å². The summed E-state index contributed by atoms with van der Waals surface area (Å²) < 4.78 is 0. The zero-order valence-corrected chi connectivity index (χ0v) is 17.0. The van der Waals surface area contributed by atoms with Gasteiger partial charge in [-0.15, -0.1) is 0 Å². The van der Waals surface area contributed by atoms with Crippen LogP contribution in [0.4, 0.5) is 5.69 Å². The van der Waals surface area contributed by atoms with Gasteiger partial charge in [-0.05, 0) is 74.4 Å². The van der Waals surface area contributed by atoms with E-state index in [1.54, 1.807) is 0 Å². The second-order valence-corrected chi connectivity index (χ2v) is 8.37. The van der Waals surface area contributed by atoms with Crippen LogP contribution in [-0.2, 0) is 11.2 Å². The quantitative estimate of drug-likeness (QED) is 0.785. The molecule has 0 aromatic heterocycles. The molecular formula is C24H29N3O2. The number of nitrogens with zero attached hydrogens (tertiary/aromatic N) is 1. The van der Waals surface area contributed by atoms with Gasteiger partial charge in [-0.3, -0.25) is 9.59 Å². The fourth-order valence-electron chi connectivity index (χ4n) is 4.53. The van der Waals surface area contributed by atoms with Crippen molar-refractivity contribution in [2.24, 2.45) is 5.92 Å². The minimum absolute atomic E-state index is 0.0148. The molecule has 2 unspecified atom stereocenters. The molecule has 5 nitrogen and oxygen atoms in total. The van der Waals surface area contributed by atoms with Crippen LogP contribution in [-0.4, -0.2) is 29.8 Å². The number of nitrogens with two attached hydrogens (primary N) is 1. The summed E-state index contributed by atoms with van der Waals surface area (Å²) in [5.41, 5.74) is 10.9. The van der Waals surface area contributed by atoms with Gasteiger partial charge in [0.1, 0.15) is 0 Å². The maximum absolute atomic E-state index is 13.0. The van der Waals surface area contributed by atoms with Crippen LogP contribution in [0.25, 0.3) is 0 Å². The lowest BCUT2D eigenvalue weighted by Crippen LogP contribution is -2.46. The summed E-state index contributed by atoms with van der Waals surface area (Å²) in [6.45, 7) is 3.20. The Hall–Kier alpha value is -2.82. The Bertz CT molecular complexity index is 907. The Morgan fingerprint density at radius 3 is 2.66 bits per heavy atom. The van der Waals surface area contributed by atoms with Gasteiger partial charge in [-0.2, -0.15) is 0 Å². The number of fused-ring (bicyclic) bond motifs is 1. The van der Waals surface area contributed by atoms with Crippen molar-refractivity contribution in [3.63, 3.8) is 0 Å². The van der Waals surface area contributed by atoms with E-state index in [1.165, 1.54) is 11.1 Å². The number of amides is 2. The third-order valence-electron chi connectivity index (χ3n) is 6.18. The second-order valence-electron chi connectivity index (χ2n) is 8.37. The number of nitrogens with one attached hydrogen (secondary N) is 1. The van der Waals surface area contributed by atoms with Gasteiger partial charge in [0.2, 0.25) is 5.91 Å². The zero-order valence-electron chi connectivity index (χ0n) is 17.0. The molecule has 4 rings (SSSR count). The molecule has 0 spiro atoms. The van der Waals surface area contributed by atoms with Gasteiger partial charge in [0.25, 0.3) is 5.91 Å². The third-order valence-corrected chi connectivity index (χ3v) is 6.18. The summed E-state index contributed by atoms with van der Waals surface area (Å²) in [7, 11) is 0. The average Bonchev–Trinajstić information content (AvgIpc) is 2.74. The standard InChI is InChI=1S/C24H29N3O2/c1-16-7-9-17(10-8-16)24(29)27-13-3-5-19(15-27)23(28)26-22-6-2-4-18-14-20(25)11-12-21(18)22/h7-12,14,19,22H,2-6,13,15,25H2,1H3,(H,26,28). The van der Waals surface area contributed by atoms with E-state index < -0.39 is 0 Å². The molecule has 1 aliphatic carbocycles. The van der Waals surface area contributed by atoms with Crippen molar-refractivity contribution in [1.29, 1.82) is 0 Å². The molecule has 0 radical (unpaired) electrons. The summed E-state index contributed by atoms with van der Waals surface area (Å²) in [4.78, 5) is 27.7. The molecule has 1 heterocycles. The Morgan fingerprint density at radius 2 is 1.86 bits per heavy atom. The lowest BCUT2D eigenvalue weighted by molar-refractivity contribution is -0.127. The van der Waals surface area contributed by atoms with Crippen LogP contribution in [0, 0.1) is 12.8 Å². The normalized spacial score (nSPS) is 21.3. The van der Waals surface area contributed by atoms with E-state index in [0.29, 0.717) is 18.7 Å². The van der Waals surface area contributed by atoms with E-state index in [1.807, 2.05) is 54.3 Å². The lowest BCUT2D eigenvalue weighted by atomic mass is 9.86. The molecule has 1 saturated heterocycles. The van der Waals surface area contributed by atoms with Gasteiger partial charge in [-0.25, -0.2) is 0 Å². The van der Waals surface area contributed by atoms with Crippen LogP contribution >= 0.6 is 0 Å². The van der Waals surface area contributed by atoms with Crippen molar-refractivity contribution in [3.05, 3.63) is 64.7 Å². The molecule has 1 fully saturated rings. The van der Waals surface area contributed by atoms with E-state index in [9.17, 15) is 9.59 Å². The first-order valence-electron chi connectivity index (χ1n) is 10.6. The number of hydrogen-bond donors (Lipinski definition) is 2. The maximum Gasteiger partial charge on any atom is 0.253 e. The fourth-order valence-corrected chi connectivity index (χ4v) is 4.53. The number of piperidine rings is 1. The van der Waals surface area contributed by atoms with Crippen LogP contribution in [0.3, 0.4) is 0 Å². The molecule has 5 heteroatoms. The van der Waals surface area contributed by atoms with Gasteiger partial charge in [-0.1, -0.05) is 23.8 Å². The zero-order chi connectivity index (χ0) is 20.4. The first kappa shape index (κ1) is 19.5. The number of aryl methyl sites for hydroxylation is 2. The molecule has 2 amide bonds. The number of hydrogen-bond acceptors (Lipinski definition) is 3. The van der Waals surface area contributed by atoms with Gasteiger partial charge in [0.15, 0.2) is 0 Å². The summed E-state index contributed by atoms with van der Waals surface area (Å²) in [5.74, 6) is -0.0839. The van der Waals surface area contributed by atoms with Crippen molar-refractivity contribution < 1.29 is 9.59 Å². The predicted octanol–water partition coefficient (Wildman–Crippen LogP) is 3.62. The highest BCUT2D eigenvalue weighted by atomic mass is 16.2. The Balaban J connectivity index is 1.42. The molecule has 2 aromatic carbocycles. The number of rotatable bonds is 3. The molecule has 2 aliphatic rings. The minimum atomic E-state index is -0.155. The number of likely N-dealkylation sites (tertiary alicyclic amines) is 1. The smallest absolute Gasteiger partial charge is 0.253 e. The van der Waals surface area contributed by atoms with Crippen molar-refractivity contribution in [2.75, 3.05) is 18.8 Å². The number of anilines is 1. The van der Waals surface area contributed by atoms with Gasteiger partial charge in [0.05, 0.1) is 12.0 Å². The Morgan fingerprint density at radius 1 is 1.07 bits per heavy atom. The monoisotopic (exact) mass is 391 g/mol. The van der Waals surface area contributed by atoms with E-state index >= 15 is 0 Å². The van der Waals surface area contributed by atoms with E-state index in [2.05, 4.69) is 5.32 Å². The van der Waals surface area contributed by atoms with Crippen LogP contribution in [0.5, 0.6) is 0 Å². The molecule has 2 atom stereocenters. The summed E-state index contributed by atoms with van der Waals surface area (Å²) in [5, 5.41) is 3.25. The average molecular weight is 392 g/mol. The number of carbonyl (C=O) groups excluding carboxylic acids is 2. The largest absolute Gasteiger partial charge is 0.399 e. The van der Waals surface area contributed by atoms with E-state index in [4.69, 9.17) is 5.73 Å². The van der Waals surface area contributed by atoms with Crippen LogP contribution in [0.15, 0.2) is 42.5 Å². The molecule has 29 heavy (non-hydrogen) atoms. The number of carbonyl (C=O) groups is 2. The Kier molecular flexibility index (Phi) is 5.56. The van der Waals surface area contributed by atoms with Crippen molar-refractivity contribution >= 4 is 17.5 Å². The molecule has 152 valence electrons. The first-order chi connectivity index (χ1) is 14.0. The lowest BCUT2D eigenvalue weighted by Gasteiger charge is -2.34. The summed E-state index contributed by atoms with van der Waals surface area (Å²) in [6, 6.07) is 13.7. The van der Waals surface area contributed by atoms with E-state index in [-0.39, 0.29) is 23.8 Å². The van der Waals surface area contributed by atoms with Crippen LogP contribution in [0.2, 0.25) is 0 Å².